The Morgan fingerprint density at radius 1 is 1.30 bits per heavy atom. The molecule has 1 aromatic rings. The zero-order valence-corrected chi connectivity index (χ0v) is 14.5. The highest BCUT2D eigenvalue weighted by molar-refractivity contribution is 6.03. The van der Waals surface area contributed by atoms with Gasteiger partial charge in [0, 0.05) is 17.9 Å². The normalized spacial score (nSPS) is 19.9. The molecule has 4 heteroatoms. The van der Waals surface area contributed by atoms with Crippen molar-refractivity contribution in [3.05, 3.63) is 28.1 Å². The van der Waals surface area contributed by atoms with Gasteiger partial charge in [0.05, 0.1) is 23.6 Å². The molecule has 0 atom stereocenters. The summed E-state index contributed by atoms with van der Waals surface area (Å²) in [6.45, 7) is 8.22. The van der Waals surface area contributed by atoms with Crippen molar-refractivity contribution < 1.29 is 14.3 Å². The number of Topliss-reactive ketones (excluding diaryl/α,β-unsaturated/α-hetero) is 1. The van der Waals surface area contributed by atoms with Gasteiger partial charge in [-0.1, -0.05) is 20.3 Å². The van der Waals surface area contributed by atoms with E-state index in [4.69, 9.17) is 9.72 Å². The van der Waals surface area contributed by atoms with Crippen molar-refractivity contribution in [1.29, 1.82) is 0 Å². The second-order valence-corrected chi connectivity index (χ2v) is 7.61. The van der Waals surface area contributed by atoms with Crippen LogP contribution in [0.2, 0.25) is 0 Å². The Bertz CT molecular complexity index is 672. The van der Waals surface area contributed by atoms with E-state index in [0.29, 0.717) is 30.1 Å². The molecule has 0 amide bonds. The summed E-state index contributed by atoms with van der Waals surface area (Å²) in [5.74, 6) is 0.102. The molecule has 1 heterocycles. The summed E-state index contributed by atoms with van der Waals surface area (Å²) < 4.78 is 5.25. The first-order valence-electron chi connectivity index (χ1n) is 8.57. The van der Waals surface area contributed by atoms with E-state index in [1.807, 2.05) is 6.92 Å². The van der Waals surface area contributed by atoms with Gasteiger partial charge < -0.3 is 4.74 Å². The lowest BCUT2D eigenvalue weighted by Crippen LogP contribution is -2.31. The molecule has 23 heavy (non-hydrogen) atoms. The van der Waals surface area contributed by atoms with Crippen LogP contribution in [0.1, 0.15) is 90.0 Å². The third-order valence-electron chi connectivity index (χ3n) is 5.09. The molecule has 2 aliphatic rings. The summed E-state index contributed by atoms with van der Waals surface area (Å²) in [4.78, 5) is 29.9. The van der Waals surface area contributed by atoms with Crippen LogP contribution < -0.4 is 0 Å². The number of hydrogen-bond donors (Lipinski definition) is 0. The van der Waals surface area contributed by atoms with Crippen molar-refractivity contribution in [2.75, 3.05) is 6.61 Å². The molecular weight excluding hydrogens is 290 g/mol. The third-order valence-corrected chi connectivity index (χ3v) is 5.09. The Hall–Kier alpha value is -1.71. The van der Waals surface area contributed by atoms with Gasteiger partial charge in [-0.2, -0.15) is 0 Å². The molecule has 0 aromatic carbocycles. The fourth-order valence-corrected chi connectivity index (χ4v) is 3.77. The molecule has 0 saturated heterocycles. The number of ether oxygens (including phenoxy) is 1. The SMILES string of the molecule is CCOC(=O)c1c(C2CCC2)nc2c(c1C)C(=O)CC(C)(C)C2. The van der Waals surface area contributed by atoms with Crippen LogP contribution in [0.3, 0.4) is 0 Å². The predicted octanol–water partition coefficient (Wildman–Crippen LogP) is 3.99. The van der Waals surface area contributed by atoms with E-state index in [-0.39, 0.29) is 17.2 Å². The minimum atomic E-state index is -0.333. The maximum Gasteiger partial charge on any atom is 0.340 e. The minimum absolute atomic E-state index is 0.0636. The van der Waals surface area contributed by atoms with Gasteiger partial charge in [-0.15, -0.1) is 0 Å². The number of nitrogens with zero attached hydrogens (tertiary/aromatic N) is 1. The molecule has 0 unspecified atom stereocenters. The van der Waals surface area contributed by atoms with Crippen molar-refractivity contribution in [3.63, 3.8) is 0 Å². The van der Waals surface area contributed by atoms with Crippen molar-refractivity contribution in [1.82, 2.24) is 4.98 Å². The molecule has 4 nitrogen and oxygen atoms in total. The molecule has 0 aliphatic heterocycles. The second-order valence-electron chi connectivity index (χ2n) is 7.61. The fourth-order valence-electron chi connectivity index (χ4n) is 3.77. The van der Waals surface area contributed by atoms with Gasteiger partial charge >= 0.3 is 5.97 Å². The first kappa shape index (κ1) is 16.2. The lowest BCUT2D eigenvalue weighted by Gasteiger charge is -2.33. The number of esters is 1. The van der Waals surface area contributed by atoms with Gasteiger partial charge in [0.25, 0.3) is 0 Å². The third kappa shape index (κ3) is 2.79. The summed E-state index contributed by atoms with van der Waals surface area (Å²) in [6.07, 6.45) is 4.60. The molecular formula is C19H25NO3. The summed E-state index contributed by atoms with van der Waals surface area (Å²) >= 11 is 0. The Morgan fingerprint density at radius 3 is 2.57 bits per heavy atom. The van der Waals surface area contributed by atoms with Crippen LogP contribution in [0.4, 0.5) is 0 Å². The smallest absolute Gasteiger partial charge is 0.340 e. The van der Waals surface area contributed by atoms with Crippen LogP contribution in [0.15, 0.2) is 0 Å². The second kappa shape index (κ2) is 5.73. The fraction of sp³-hybridized carbons (Fsp3) is 0.632. The summed E-state index contributed by atoms with van der Waals surface area (Å²) in [7, 11) is 0. The number of aromatic nitrogens is 1. The average molecular weight is 315 g/mol. The Morgan fingerprint density at radius 2 is 2.00 bits per heavy atom. The number of carbonyl (C=O) groups excluding carboxylic acids is 2. The summed E-state index contributed by atoms with van der Waals surface area (Å²) in [5, 5.41) is 0. The Balaban J connectivity index is 2.17. The van der Waals surface area contributed by atoms with Crippen LogP contribution in [-0.4, -0.2) is 23.3 Å². The topological polar surface area (TPSA) is 56.3 Å². The molecule has 1 aromatic heterocycles. The maximum atomic E-state index is 12.6. The highest BCUT2D eigenvalue weighted by atomic mass is 16.5. The highest BCUT2D eigenvalue weighted by Gasteiger charge is 2.37. The first-order chi connectivity index (χ1) is 10.8. The lowest BCUT2D eigenvalue weighted by molar-refractivity contribution is 0.0522. The molecule has 2 aliphatic carbocycles. The molecule has 0 radical (unpaired) electrons. The molecule has 0 N–H and O–H groups in total. The predicted molar refractivity (Wildman–Crippen MR) is 88.0 cm³/mol. The van der Waals surface area contributed by atoms with E-state index in [1.165, 1.54) is 6.42 Å². The van der Waals surface area contributed by atoms with Crippen molar-refractivity contribution in [2.45, 2.75) is 65.7 Å². The minimum Gasteiger partial charge on any atom is -0.462 e. The van der Waals surface area contributed by atoms with Gasteiger partial charge in [-0.25, -0.2) is 4.79 Å². The monoisotopic (exact) mass is 315 g/mol. The van der Waals surface area contributed by atoms with E-state index in [1.54, 1.807) is 6.92 Å². The van der Waals surface area contributed by atoms with Gasteiger partial charge in [0.2, 0.25) is 0 Å². The van der Waals surface area contributed by atoms with Gasteiger partial charge in [-0.3, -0.25) is 9.78 Å². The zero-order chi connectivity index (χ0) is 16.8. The molecule has 0 spiro atoms. The zero-order valence-electron chi connectivity index (χ0n) is 14.5. The van der Waals surface area contributed by atoms with E-state index in [9.17, 15) is 9.59 Å². The largest absolute Gasteiger partial charge is 0.462 e. The maximum absolute atomic E-state index is 12.6. The van der Waals surface area contributed by atoms with Crippen LogP contribution in [0.25, 0.3) is 0 Å². The summed E-state index contributed by atoms with van der Waals surface area (Å²) in [5.41, 5.74) is 3.65. The molecule has 1 saturated carbocycles. The molecule has 0 bridgehead atoms. The number of hydrogen-bond acceptors (Lipinski definition) is 4. The van der Waals surface area contributed by atoms with Gasteiger partial charge in [0.15, 0.2) is 5.78 Å². The average Bonchev–Trinajstić information content (AvgIpc) is 2.34. The van der Waals surface area contributed by atoms with E-state index >= 15 is 0 Å². The van der Waals surface area contributed by atoms with Crippen molar-refractivity contribution >= 4 is 11.8 Å². The van der Waals surface area contributed by atoms with Crippen LogP contribution >= 0.6 is 0 Å². The lowest BCUT2D eigenvalue weighted by atomic mass is 9.72. The Labute approximate surface area is 137 Å². The Kier molecular flexibility index (Phi) is 4.03. The molecule has 3 rings (SSSR count). The van der Waals surface area contributed by atoms with Crippen LogP contribution in [0, 0.1) is 12.3 Å². The number of fused-ring (bicyclic) bond motifs is 1. The van der Waals surface area contributed by atoms with Crippen LogP contribution in [0.5, 0.6) is 0 Å². The standard InChI is InChI=1S/C19H25NO3/c1-5-23-18(22)16-11(2)15-13(9-19(3,4)10-14(15)21)20-17(16)12-7-6-8-12/h12H,5-10H2,1-4H3. The molecule has 124 valence electrons. The molecule has 1 fully saturated rings. The number of ketones is 1. The number of rotatable bonds is 3. The van der Waals surface area contributed by atoms with E-state index in [2.05, 4.69) is 13.8 Å². The van der Waals surface area contributed by atoms with E-state index in [0.717, 1.165) is 36.2 Å². The van der Waals surface area contributed by atoms with Crippen molar-refractivity contribution in [2.24, 2.45) is 5.41 Å². The summed E-state index contributed by atoms with van der Waals surface area (Å²) in [6, 6.07) is 0. The number of carbonyl (C=O) groups is 2. The van der Waals surface area contributed by atoms with E-state index < -0.39 is 0 Å². The first-order valence-corrected chi connectivity index (χ1v) is 8.57. The quantitative estimate of drug-likeness (QED) is 0.791. The number of pyridine rings is 1. The van der Waals surface area contributed by atoms with Gasteiger partial charge in [0.1, 0.15) is 0 Å². The highest BCUT2D eigenvalue weighted by Crippen LogP contribution is 2.42. The van der Waals surface area contributed by atoms with Crippen LogP contribution in [-0.2, 0) is 11.2 Å². The van der Waals surface area contributed by atoms with Gasteiger partial charge in [-0.05, 0) is 44.1 Å². The van der Waals surface area contributed by atoms with Crippen molar-refractivity contribution in [3.8, 4) is 0 Å².